The molecule has 0 aliphatic carbocycles. The molecule has 0 spiro atoms. The summed E-state index contributed by atoms with van der Waals surface area (Å²) >= 11 is 3.41. The first-order valence-electron chi connectivity index (χ1n) is 9.77. The predicted molar refractivity (Wildman–Crippen MR) is 111 cm³/mol. The van der Waals surface area contributed by atoms with Crippen LogP contribution in [-0.2, 0) is 9.59 Å². The smallest absolute Gasteiger partial charge is 0.246 e. The van der Waals surface area contributed by atoms with Crippen LogP contribution >= 0.6 is 15.9 Å². The molecule has 1 aromatic carbocycles. The van der Waals surface area contributed by atoms with Crippen LogP contribution in [0.3, 0.4) is 0 Å². The van der Waals surface area contributed by atoms with Gasteiger partial charge in [0.05, 0.1) is 6.54 Å². The third-order valence-electron chi connectivity index (χ3n) is 5.45. The van der Waals surface area contributed by atoms with E-state index < -0.39 is 0 Å². The first-order chi connectivity index (χ1) is 13.0. The topological polar surface area (TPSA) is 43.9 Å². The van der Waals surface area contributed by atoms with Crippen molar-refractivity contribution in [3.8, 4) is 0 Å². The van der Waals surface area contributed by atoms with Crippen molar-refractivity contribution in [1.82, 2.24) is 14.7 Å². The van der Waals surface area contributed by atoms with E-state index in [2.05, 4.69) is 27.8 Å². The van der Waals surface area contributed by atoms with E-state index in [9.17, 15) is 9.59 Å². The van der Waals surface area contributed by atoms with E-state index in [1.54, 1.807) is 6.08 Å². The Hall–Kier alpha value is -1.66. The zero-order chi connectivity index (χ0) is 19.2. The van der Waals surface area contributed by atoms with E-state index in [0.29, 0.717) is 25.7 Å². The number of halogens is 1. The number of hydrogen-bond donors (Lipinski definition) is 0. The molecule has 0 bridgehead atoms. The number of rotatable bonds is 4. The third kappa shape index (κ3) is 5.66. The van der Waals surface area contributed by atoms with E-state index in [1.807, 2.05) is 40.1 Å². The summed E-state index contributed by atoms with van der Waals surface area (Å²) in [6, 6.07) is 8.22. The minimum absolute atomic E-state index is 0.0357. The van der Waals surface area contributed by atoms with Gasteiger partial charge in [-0.3, -0.25) is 14.5 Å². The first-order valence-corrected chi connectivity index (χ1v) is 10.6. The van der Waals surface area contributed by atoms with Gasteiger partial charge in [0.15, 0.2) is 0 Å². The van der Waals surface area contributed by atoms with Gasteiger partial charge in [-0.15, -0.1) is 0 Å². The van der Waals surface area contributed by atoms with Crippen LogP contribution in [0.4, 0.5) is 0 Å². The van der Waals surface area contributed by atoms with Gasteiger partial charge in [0.25, 0.3) is 0 Å². The Morgan fingerprint density at radius 2 is 1.78 bits per heavy atom. The van der Waals surface area contributed by atoms with Gasteiger partial charge in [0, 0.05) is 49.3 Å². The largest absolute Gasteiger partial charge is 0.339 e. The van der Waals surface area contributed by atoms with Gasteiger partial charge in [-0.25, -0.2) is 0 Å². The number of likely N-dealkylation sites (tertiary alicyclic amines) is 1. The van der Waals surface area contributed by atoms with Crippen molar-refractivity contribution in [3.63, 3.8) is 0 Å². The zero-order valence-electron chi connectivity index (χ0n) is 15.9. The maximum atomic E-state index is 12.6. The van der Waals surface area contributed by atoms with Crippen molar-refractivity contribution in [2.45, 2.75) is 32.2 Å². The van der Waals surface area contributed by atoms with E-state index in [4.69, 9.17) is 0 Å². The average Bonchev–Trinajstić information content (AvgIpc) is 2.68. The summed E-state index contributed by atoms with van der Waals surface area (Å²) in [5, 5.41) is 0. The number of carbonyl (C=O) groups excluding carboxylic acids is 2. The van der Waals surface area contributed by atoms with Gasteiger partial charge in [0.1, 0.15) is 0 Å². The zero-order valence-corrected chi connectivity index (χ0v) is 17.5. The van der Waals surface area contributed by atoms with Gasteiger partial charge in [-0.05, 0) is 50.0 Å². The van der Waals surface area contributed by atoms with Gasteiger partial charge in [-0.2, -0.15) is 0 Å². The molecule has 0 aromatic heterocycles. The molecular formula is C21H28BrN3O2. The molecule has 2 aliphatic rings. The van der Waals surface area contributed by atoms with Crippen molar-refractivity contribution in [2.75, 3.05) is 39.3 Å². The summed E-state index contributed by atoms with van der Waals surface area (Å²) in [4.78, 5) is 31.0. The quantitative estimate of drug-likeness (QED) is 0.685. The molecule has 3 rings (SSSR count). The van der Waals surface area contributed by atoms with Crippen LogP contribution in [0.25, 0.3) is 6.08 Å². The molecule has 2 amide bonds. The van der Waals surface area contributed by atoms with Gasteiger partial charge in [0.2, 0.25) is 11.8 Å². The Bertz CT molecular complexity index is 681. The molecule has 2 heterocycles. The highest BCUT2D eigenvalue weighted by Gasteiger charge is 2.26. The lowest BCUT2D eigenvalue weighted by Crippen LogP contribution is -2.52. The third-order valence-corrected chi connectivity index (χ3v) is 5.98. The van der Waals surface area contributed by atoms with Crippen LogP contribution in [0, 0.1) is 0 Å². The molecular weight excluding hydrogens is 406 g/mol. The Morgan fingerprint density at radius 1 is 1.07 bits per heavy atom. The Labute approximate surface area is 170 Å². The molecule has 146 valence electrons. The van der Waals surface area contributed by atoms with E-state index in [-0.39, 0.29) is 11.8 Å². The molecule has 6 heteroatoms. The van der Waals surface area contributed by atoms with Crippen molar-refractivity contribution in [2.24, 2.45) is 0 Å². The summed E-state index contributed by atoms with van der Waals surface area (Å²) in [5.74, 6) is 0.269. The van der Waals surface area contributed by atoms with Crippen LogP contribution in [0.2, 0.25) is 0 Å². The Kier molecular flexibility index (Phi) is 7.07. The van der Waals surface area contributed by atoms with Gasteiger partial charge >= 0.3 is 0 Å². The fourth-order valence-corrected chi connectivity index (χ4v) is 3.99. The second kappa shape index (κ2) is 9.51. The van der Waals surface area contributed by atoms with Crippen LogP contribution in [0.1, 0.15) is 31.7 Å². The molecule has 5 nitrogen and oxygen atoms in total. The summed E-state index contributed by atoms with van der Waals surface area (Å²) < 4.78 is 1.02. The minimum Gasteiger partial charge on any atom is -0.339 e. The van der Waals surface area contributed by atoms with E-state index >= 15 is 0 Å². The Balaban J connectivity index is 1.44. The molecule has 1 atom stereocenters. The Morgan fingerprint density at radius 3 is 2.44 bits per heavy atom. The molecule has 0 N–H and O–H groups in total. The molecule has 27 heavy (non-hydrogen) atoms. The van der Waals surface area contributed by atoms with Crippen molar-refractivity contribution in [1.29, 1.82) is 0 Å². The predicted octanol–water partition coefficient (Wildman–Crippen LogP) is 3.01. The second-order valence-electron chi connectivity index (χ2n) is 7.42. The van der Waals surface area contributed by atoms with Crippen molar-refractivity contribution < 1.29 is 9.59 Å². The lowest BCUT2D eigenvalue weighted by Gasteiger charge is -2.37. The fourth-order valence-electron chi connectivity index (χ4n) is 3.72. The van der Waals surface area contributed by atoms with Gasteiger partial charge in [-0.1, -0.05) is 28.1 Å². The number of piperidine rings is 1. The van der Waals surface area contributed by atoms with Gasteiger partial charge < -0.3 is 9.80 Å². The molecule has 0 radical (unpaired) electrons. The van der Waals surface area contributed by atoms with Crippen molar-refractivity contribution in [3.05, 3.63) is 40.4 Å². The molecule has 2 saturated heterocycles. The number of amides is 2. The monoisotopic (exact) mass is 433 g/mol. The summed E-state index contributed by atoms with van der Waals surface area (Å²) in [5.41, 5.74) is 1.01. The molecule has 1 aromatic rings. The average molecular weight is 434 g/mol. The molecule has 0 unspecified atom stereocenters. The number of hydrogen-bond acceptors (Lipinski definition) is 3. The summed E-state index contributed by atoms with van der Waals surface area (Å²) in [6.45, 7) is 6.36. The highest BCUT2D eigenvalue weighted by atomic mass is 79.9. The van der Waals surface area contributed by atoms with Crippen LogP contribution in [0.15, 0.2) is 34.8 Å². The van der Waals surface area contributed by atoms with Crippen LogP contribution in [-0.4, -0.2) is 71.8 Å². The SMILES string of the molecule is C[C@H]1CCCCN1C(=O)CN1CCN(C(=O)/C=C/c2ccc(Br)cc2)CC1. The van der Waals surface area contributed by atoms with Crippen molar-refractivity contribution >= 4 is 33.8 Å². The maximum absolute atomic E-state index is 12.6. The lowest BCUT2D eigenvalue weighted by molar-refractivity contribution is -0.136. The number of carbonyl (C=O) groups is 2. The summed E-state index contributed by atoms with van der Waals surface area (Å²) in [7, 11) is 0. The molecule has 0 saturated carbocycles. The fraction of sp³-hybridized carbons (Fsp3) is 0.524. The summed E-state index contributed by atoms with van der Waals surface area (Å²) in [6.07, 6.45) is 6.93. The van der Waals surface area contributed by atoms with E-state index in [1.165, 1.54) is 6.42 Å². The second-order valence-corrected chi connectivity index (χ2v) is 8.33. The maximum Gasteiger partial charge on any atom is 0.246 e. The first kappa shape index (κ1) is 20.1. The minimum atomic E-state index is 0.0357. The molecule has 2 aliphatic heterocycles. The highest BCUT2D eigenvalue weighted by Crippen LogP contribution is 2.17. The van der Waals surface area contributed by atoms with Crippen LogP contribution < -0.4 is 0 Å². The standard InChI is InChI=1S/C21H28BrN3O2/c1-17-4-2-3-11-25(17)21(27)16-23-12-14-24(15-13-23)20(26)10-7-18-5-8-19(22)9-6-18/h5-10,17H,2-4,11-16H2,1H3/b10-7+/t17-/m0/s1. The number of nitrogens with zero attached hydrogens (tertiary/aromatic N) is 3. The molecule has 2 fully saturated rings. The normalized spacial score (nSPS) is 21.6. The lowest BCUT2D eigenvalue weighted by atomic mass is 10.0. The van der Waals surface area contributed by atoms with E-state index in [0.717, 1.165) is 42.5 Å². The van der Waals surface area contributed by atoms with Crippen LogP contribution in [0.5, 0.6) is 0 Å². The number of piperazine rings is 1. The number of benzene rings is 1. The highest BCUT2D eigenvalue weighted by molar-refractivity contribution is 9.10.